The van der Waals surface area contributed by atoms with Gasteiger partial charge in [0.05, 0.1) is 20.9 Å². The summed E-state index contributed by atoms with van der Waals surface area (Å²) in [4.78, 5) is 19.2. The SMILES string of the molecule is CCN(Cc1ccccn1)C(=O)c1cc(Br)c(Br)s1. The van der Waals surface area contributed by atoms with E-state index in [0.717, 1.165) is 18.8 Å². The number of nitrogens with zero attached hydrogens (tertiary/aromatic N) is 2. The molecule has 0 radical (unpaired) electrons. The lowest BCUT2D eigenvalue weighted by atomic mass is 10.3. The molecule has 0 saturated carbocycles. The molecule has 100 valence electrons. The van der Waals surface area contributed by atoms with E-state index in [1.54, 1.807) is 11.1 Å². The highest BCUT2D eigenvalue weighted by Crippen LogP contribution is 2.33. The van der Waals surface area contributed by atoms with Crippen LogP contribution in [0.3, 0.4) is 0 Å². The van der Waals surface area contributed by atoms with Crippen molar-refractivity contribution >= 4 is 49.1 Å². The molecule has 0 bridgehead atoms. The van der Waals surface area contributed by atoms with Crippen LogP contribution in [0.5, 0.6) is 0 Å². The highest BCUT2D eigenvalue weighted by atomic mass is 79.9. The van der Waals surface area contributed by atoms with E-state index in [0.29, 0.717) is 13.1 Å². The van der Waals surface area contributed by atoms with Gasteiger partial charge in [0.25, 0.3) is 5.91 Å². The van der Waals surface area contributed by atoms with E-state index in [-0.39, 0.29) is 5.91 Å². The van der Waals surface area contributed by atoms with Gasteiger partial charge in [-0.05, 0) is 57.0 Å². The first kappa shape index (κ1) is 14.7. The van der Waals surface area contributed by atoms with Crippen molar-refractivity contribution in [1.82, 2.24) is 9.88 Å². The van der Waals surface area contributed by atoms with Crippen LogP contribution < -0.4 is 0 Å². The first-order valence-electron chi connectivity index (χ1n) is 5.75. The third-order valence-corrected chi connectivity index (χ3v) is 5.85. The van der Waals surface area contributed by atoms with Crippen molar-refractivity contribution in [3.8, 4) is 0 Å². The lowest BCUT2D eigenvalue weighted by Gasteiger charge is -2.19. The molecule has 0 aliphatic heterocycles. The summed E-state index contributed by atoms with van der Waals surface area (Å²) in [6.07, 6.45) is 1.74. The molecule has 6 heteroatoms. The summed E-state index contributed by atoms with van der Waals surface area (Å²) in [6, 6.07) is 7.57. The standard InChI is InChI=1S/C13H12Br2N2OS/c1-2-17(8-9-5-3-4-6-16-9)13(18)11-7-10(14)12(15)19-11/h3-7H,2,8H2,1H3. The van der Waals surface area contributed by atoms with Gasteiger partial charge < -0.3 is 4.90 Å². The highest BCUT2D eigenvalue weighted by molar-refractivity contribution is 9.13. The molecule has 1 amide bonds. The van der Waals surface area contributed by atoms with Crippen LogP contribution in [0.4, 0.5) is 0 Å². The van der Waals surface area contributed by atoms with Crippen LogP contribution in [-0.4, -0.2) is 22.3 Å². The molecule has 3 nitrogen and oxygen atoms in total. The normalized spacial score (nSPS) is 10.5. The average molecular weight is 404 g/mol. The predicted molar refractivity (Wildman–Crippen MR) is 84.4 cm³/mol. The molecule has 2 aromatic rings. The zero-order chi connectivity index (χ0) is 13.8. The highest BCUT2D eigenvalue weighted by Gasteiger charge is 2.18. The summed E-state index contributed by atoms with van der Waals surface area (Å²) in [5.41, 5.74) is 0.896. The number of carbonyl (C=O) groups excluding carboxylic acids is 1. The van der Waals surface area contributed by atoms with Crippen molar-refractivity contribution in [2.24, 2.45) is 0 Å². The summed E-state index contributed by atoms with van der Waals surface area (Å²) < 4.78 is 1.85. The monoisotopic (exact) mass is 402 g/mol. The van der Waals surface area contributed by atoms with Crippen LogP contribution in [-0.2, 0) is 6.54 Å². The Morgan fingerprint density at radius 1 is 1.42 bits per heavy atom. The first-order valence-corrected chi connectivity index (χ1v) is 8.16. The molecule has 0 N–H and O–H groups in total. The van der Waals surface area contributed by atoms with Gasteiger partial charge in [-0.3, -0.25) is 9.78 Å². The Labute approximate surface area is 132 Å². The van der Waals surface area contributed by atoms with Gasteiger partial charge in [-0.15, -0.1) is 11.3 Å². The van der Waals surface area contributed by atoms with Crippen molar-refractivity contribution in [2.45, 2.75) is 13.5 Å². The van der Waals surface area contributed by atoms with E-state index in [2.05, 4.69) is 36.8 Å². The second-order valence-electron chi connectivity index (χ2n) is 3.87. The van der Waals surface area contributed by atoms with Crippen LogP contribution in [0.15, 0.2) is 38.7 Å². The van der Waals surface area contributed by atoms with Crippen molar-refractivity contribution in [3.05, 3.63) is 49.3 Å². The van der Waals surface area contributed by atoms with E-state index in [1.807, 2.05) is 31.2 Å². The zero-order valence-corrected chi connectivity index (χ0v) is 14.3. The number of rotatable bonds is 4. The molecule has 2 heterocycles. The minimum atomic E-state index is 0.0320. The Kier molecular flexibility index (Phi) is 5.13. The molecule has 2 rings (SSSR count). The third kappa shape index (κ3) is 3.64. The van der Waals surface area contributed by atoms with E-state index >= 15 is 0 Å². The Balaban J connectivity index is 2.15. The number of carbonyl (C=O) groups is 1. The summed E-state index contributed by atoms with van der Waals surface area (Å²) in [6.45, 7) is 3.16. The van der Waals surface area contributed by atoms with Gasteiger partial charge in [-0.25, -0.2) is 0 Å². The minimum absolute atomic E-state index is 0.0320. The average Bonchev–Trinajstić information content (AvgIpc) is 2.76. The van der Waals surface area contributed by atoms with Crippen molar-refractivity contribution in [3.63, 3.8) is 0 Å². The Hall–Kier alpha value is -0.720. The molecule has 2 aromatic heterocycles. The van der Waals surface area contributed by atoms with Crippen molar-refractivity contribution in [2.75, 3.05) is 6.54 Å². The van der Waals surface area contributed by atoms with E-state index in [9.17, 15) is 4.79 Å². The van der Waals surface area contributed by atoms with Crippen LogP contribution in [0.1, 0.15) is 22.3 Å². The Bertz CT molecular complexity index is 552. The molecule has 19 heavy (non-hydrogen) atoms. The summed E-state index contributed by atoms with van der Waals surface area (Å²) in [5, 5.41) is 0. The van der Waals surface area contributed by atoms with Crippen LogP contribution in [0.2, 0.25) is 0 Å². The van der Waals surface area contributed by atoms with E-state index in [4.69, 9.17) is 0 Å². The fraction of sp³-hybridized carbons (Fsp3) is 0.231. The van der Waals surface area contributed by atoms with Crippen LogP contribution in [0.25, 0.3) is 0 Å². The topological polar surface area (TPSA) is 33.2 Å². The molecular formula is C13H12Br2N2OS. The molecule has 0 aliphatic carbocycles. The lowest BCUT2D eigenvalue weighted by molar-refractivity contribution is 0.0755. The molecule has 0 atom stereocenters. The summed E-state index contributed by atoms with van der Waals surface area (Å²) >= 11 is 8.25. The fourth-order valence-electron chi connectivity index (χ4n) is 1.62. The molecule has 0 unspecified atom stereocenters. The van der Waals surface area contributed by atoms with Gasteiger partial charge in [-0.1, -0.05) is 6.07 Å². The number of amides is 1. The number of hydrogen-bond donors (Lipinski definition) is 0. The maximum Gasteiger partial charge on any atom is 0.264 e. The number of hydrogen-bond acceptors (Lipinski definition) is 3. The minimum Gasteiger partial charge on any atom is -0.332 e. The first-order chi connectivity index (χ1) is 9.11. The summed E-state index contributed by atoms with van der Waals surface area (Å²) in [5.74, 6) is 0.0320. The second-order valence-corrected chi connectivity index (χ2v) is 7.10. The quantitative estimate of drug-likeness (QED) is 0.760. The molecule has 0 aliphatic rings. The molecule has 0 spiro atoms. The fourth-order valence-corrected chi connectivity index (χ4v) is 3.63. The van der Waals surface area contributed by atoms with Crippen LogP contribution in [0, 0.1) is 0 Å². The summed E-state index contributed by atoms with van der Waals surface area (Å²) in [7, 11) is 0. The maximum atomic E-state index is 12.4. The van der Waals surface area contributed by atoms with Gasteiger partial charge in [-0.2, -0.15) is 0 Å². The smallest absolute Gasteiger partial charge is 0.264 e. The third-order valence-electron chi connectivity index (χ3n) is 2.60. The largest absolute Gasteiger partial charge is 0.332 e. The molecule has 0 aromatic carbocycles. The molecule has 0 saturated heterocycles. The Morgan fingerprint density at radius 3 is 2.74 bits per heavy atom. The van der Waals surface area contributed by atoms with Gasteiger partial charge >= 0.3 is 0 Å². The zero-order valence-electron chi connectivity index (χ0n) is 10.3. The van der Waals surface area contributed by atoms with E-state index in [1.165, 1.54) is 11.3 Å². The van der Waals surface area contributed by atoms with Crippen molar-refractivity contribution < 1.29 is 4.79 Å². The number of thiophene rings is 1. The van der Waals surface area contributed by atoms with Crippen LogP contribution >= 0.6 is 43.2 Å². The second kappa shape index (κ2) is 6.63. The maximum absolute atomic E-state index is 12.4. The molecule has 0 fully saturated rings. The molecular weight excluding hydrogens is 392 g/mol. The van der Waals surface area contributed by atoms with Gasteiger partial charge in [0.1, 0.15) is 0 Å². The number of pyridine rings is 1. The predicted octanol–water partition coefficient (Wildman–Crippen LogP) is 4.33. The number of aromatic nitrogens is 1. The van der Waals surface area contributed by atoms with Gasteiger partial charge in [0.15, 0.2) is 0 Å². The number of halogens is 2. The van der Waals surface area contributed by atoms with Crippen molar-refractivity contribution in [1.29, 1.82) is 0 Å². The van der Waals surface area contributed by atoms with E-state index < -0.39 is 0 Å². The van der Waals surface area contributed by atoms with Gasteiger partial charge in [0.2, 0.25) is 0 Å². The van der Waals surface area contributed by atoms with Gasteiger partial charge in [0, 0.05) is 17.2 Å². The Morgan fingerprint density at radius 2 is 2.21 bits per heavy atom. The lowest BCUT2D eigenvalue weighted by Crippen LogP contribution is -2.30.